The zero-order valence-electron chi connectivity index (χ0n) is 11.3. The van der Waals surface area contributed by atoms with Gasteiger partial charge in [-0.25, -0.2) is 4.79 Å². The number of carbonyl (C=O) groups excluding carboxylic acids is 1. The van der Waals surface area contributed by atoms with Crippen LogP contribution >= 0.6 is 0 Å². The molecule has 0 aliphatic rings. The van der Waals surface area contributed by atoms with Gasteiger partial charge in [0.05, 0.1) is 11.1 Å². The third-order valence-electron chi connectivity index (χ3n) is 2.55. The minimum atomic E-state index is -0.565. The normalized spacial score (nSPS) is 11.3. The minimum absolute atomic E-state index is 0.311. The number of carbonyl (C=O) groups is 1. The Labute approximate surface area is 112 Å². The van der Waals surface area contributed by atoms with E-state index in [0.29, 0.717) is 17.1 Å². The molecule has 0 unspecified atom stereocenters. The zero-order chi connectivity index (χ0) is 14.0. The van der Waals surface area contributed by atoms with Crippen molar-refractivity contribution in [2.45, 2.75) is 20.8 Å². The molecular formula is C14H17N3O2. The standard InChI is InChI=1S/C14H17N3O2/c1-14(2,3)13(18)19-17-8-4-5-12(17)11-9-10(15)6-7-16-11/h4-9H,1-3H3,(H2,15,16). The van der Waals surface area contributed by atoms with Gasteiger partial charge in [-0.3, -0.25) is 4.98 Å². The molecule has 19 heavy (non-hydrogen) atoms. The lowest BCUT2D eigenvalue weighted by molar-refractivity contribution is -0.153. The summed E-state index contributed by atoms with van der Waals surface area (Å²) in [4.78, 5) is 21.5. The molecule has 0 aromatic carbocycles. The molecule has 0 amide bonds. The lowest BCUT2D eigenvalue weighted by atomic mass is 9.98. The highest BCUT2D eigenvalue weighted by atomic mass is 16.7. The summed E-state index contributed by atoms with van der Waals surface area (Å²) in [5.74, 6) is -0.311. The Hall–Kier alpha value is -2.30. The summed E-state index contributed by atoms with van der Waals surface area (Å²) >= 11 is 0. The third kappa shape index (κ3) is 2.93. The molecule has 2 N–H and O–H groups in total. The van der Waals surface area contributed by atoms with Gasteiger partial charge in [0.15, 0.2) is 0 Å². The van der Waals surface area contributed by atoms with Gasteiger partial charge in [0.1, 0.15) is 5.69 Å². The fraction of sp³-hybridized carbons (Fsp3) is 0.286. The fourth-order valence-corrected chi connectivity index (χ4v) is 1.46. The molecule has 2 heterocycles. The third-order valence-corrected chi connectivity index (χ3v) is 2.55. The van der Waals surface area contributed by atoms with Crippen molar-refractivity contribution in [2.24, 2.45) is 5.41 Å². The molecule has 0 fully saturated rings. The second kappa shape index (κ2) is 4.76. The Morgan fingerprint density at radius 2 is 2.11 bits per heavy atom. The highest BCUT2D eigenvalue weighted by Crippen LogP contribution is 2.20. The zero-order valence-corrected chi connectivity index (χ0v) is 11.3. The van der Waals surface area contributed by atoms with Gasteiger partial charge in [-0.2, -0.15) is 4.73 Å². The van der Waals surface area contributed by atoms with E-state index in [-0.39, 0.29) is 5.97 Å². The van der Waals surface area contributed by atoms with Crippen LogP contribution in [0.4, 0.5) is 5.69 Å². The molecule has 100 valence electrons. The minimum Gasteiger partial charge on any atom is -0.399 e. The lowest BCUT2D eigenvalue weighted by Crippen LogP contribution is -2.31. The van der Waals surface area contributed by atoms with E-state index in [1.165, 1.54) is 4.73 Å². The van der Waals surface area contributed by atoms with Crippen molar-refractivity contribution in [3.05, 3.63) is 36.7 Å². The van der Waals surface area contributed by atoms with Crippen LogP contribution in [0.1, 0.15) is 20.8 Å². The Bertz CT molecular complexity index is 597. The SMILES string of the molecule is CC(C)(C)C(=O)On1cccc1-c1cc(N)ccn1. The van der Waals surface area contributed by atoms with Crippen LogP contribution < -0.4 is 10.6 Å². The first-order valence-electron chi connectivity index (χ1n) is 6.00. The number of nitrogens with two attached hydrogens (primary N) is 1. The van der Waals surface area contributed by atoms with Crippen molar-refractivity contribution in [1.29, 1.82) is 0 Å². The van der Waals surface area contributed by atoms with Crippen molar-refractivity contribution < 1.29 is 9.63 Å². The van der Waals surface area contributed by atoms with Crippen LogP contribution in [0.5, 0.6) is 0 Å². The van der Waals surface area contributed by atoms with Crippen LogP contribution in [-0.2, 0) is 4.79 Å². The second-order valence-electron chi connectivity index (χ2n) is 5.32. The van der Waals surface area contributed by atoms with Crippen molar-refractivity contribution in [3.63, 3.8) is 0 Å². The van der Waals surface area contributed by atoms with Gasteiger partial charge < -0.3 is 10.6 Å². The van der Waals surface area contributed by atoms with Gasteiger partial charge in [0.2, 0.25) is 0 Å². The maximum Gasteiger partial charge on any atom is 0.338 e. The molecule has 5 heteroatoms. The molecular weight excluding hydrogens is 242 g/mol. The Morgan fingerprint density at radius 1 is 1.37 bits per heavy atom. The highest BCUT2D eigenvalue weighted by Gasteiger charge is 2.25. The average molecular weight is 259 g/mol. The number of pyridine rings is 1. The van der Waals surface area contributed by atoms with Crippen LogP contribution in [0.3, 0.4) is 0 Å². The van der Waals surface area contributed by atoms with Gasteiger partial charge in [0.25, 0.3) is 0 Å². The van der Waals surface area contributed by atoms with E-state index < -0.39 is 5.41 Å². The summed E-state index contributed by atoms with van der Waals surface area (Å²) in [5.41, 5.74) is 7.12. The Kier molecular flexibility index (Phi) is 3.29. The molecule has 5 nitrogen and oxygen atoms in total. The highest BCUT2D eigenvalue weighted by molar-refractivity contribution is 5.76. The molecule has 0 saturated heterocycles. The van der Waals surface area contributed by atoms with E-state index >= 15 is 0 Å². The van der Waals surface area contributed by atoms with Gasteiger partial charge >= 0.3 is 5.97 Å². The molecule has 0 atom stereocenters. The van der Waals surface area contributed by atoms with Crippen molar-refractivity contribution in [1.82, 2.24) is 9.71 Å². The van der Waals surface area contributed by atoms with Gasteiger partial charge in [-0.05, 0) is 45.0 Å². The van der Waals surface area contributed by atoms with E-state index in [9.17, 15) is 4.79 Å². The smallest absolute Gasteiger partial charge is 0.338 e. The van der Waals surface area contributed by atoms with E-state index in [1.807, 2.05) is 6.07 Å². The quantitative estimate of drug-likeness (QED) is 0.897. The van der Waals surface area contributed by atoms with E-state index in [0.717, 1.165) is 0 Å². The lowest BCUT2D eigenvalue weighted by Gasteiger charge is -2.17. The van der Waals surface area contributed by atoms with Crippen molar-refractivity contribution in [2.75, 3.05) is 5.73 Å². The fourth-order valence-electron chi connectivity index (χ4n) is 1.46. The molecule has 0 bridgehead atoms. The largest absolute Gasteiger partial charge is 0.399 e. The molecule has 0 aliphatic heterocycles. The summed E-state index contributed by atoms with van der Waals surface area (Å²) in [5, 5.41) is 0. The molecule has 2 aromatic heterocycles. The summed E-state index contributed by atoms with van der Waals surface area (Å²) in [7, 11) is 0. The Morgan fingerprint density at radius 3 is 2.74 bits per heavy atom. The molecule has 2 aromatic rings. The van der Waals surface area contributed by atoms with Crippen LogP contribution in [0, 0.1) is 5.41 Å². The van der Waals surface area contributed by atoms with Crippen molar-refractivity contribution in [3.8, 4) is 11.4 Å². The number of hydrogen-bond acceptors (Lipinski definition) is 4. The van der Waals surface area contributed by atoms with Crippen LogP contribution in [-0.4, -0.2) is 15.7 Å². The molecule has 0 radical (unpaired) electrons. The van der Waals surface area contributed by atoms with E-state index in [2.05, 4.69) is 4.98 Å². The summed E-state index contributed by atoms with van der Waals surface area (Å²) < 4.78 is 1.41. The first-order valence-corrected chi connectivity index (χ1v) is 6.00. The number of nitrogen functional groups attached to an aromatic ring is 1. The maximum atomic E-state index is 11.9. The second-order valence-corrected chi connectivity index (χ2v) is 5.32. The molecule has 0 aliphatic carbocycles. The predicted octanol–water partition coefficient (Wildman–Crippen LogP) is 2.13. The number of nitrogens with zero attached hydrogens (tertiary/aromatic N) is 2. The summed E-state index contributed by atoms with van der Waals surface area (Å²) in [6.45, 7) is 5.41. The van der Waals surface area contributed by atoms with Gasteiger partial charge in [-0.15, -0.1) is 0 Å². The number of anilines is 1. The molecule has 2 rings (SSSR count). The number of aromatic nitrogens is 2. The number of rotatable bonds is 2. The van der Waals surface area contributed by atoms with E-state index in [1.54, 1.807) is 51.4 Å². The molecule has 0 spiro atoms. The van der Waals surface area contributed by atoms with Gasteiger partial charge in [0, 0.05) is 18.1 Å². The van der Waals surface area contributed by atoms with E-state index in [4.69, 9.17) is 10.6 Å². The topological polar surface area (TPSA) is 70.1 Å². The van der Waals surface area contributed by atoms with Crippen LogP contribution in [0.2, 0.25) is 0 Å². The average Bonchev–Trinajstić information content (AvgIpc) is 2.76. The Balaban J connectivity index is 2.31. The van der Waals surface area contributed by atoms with Crippen molar-refractivity contribution >= 4 is 11.7 Å². The summed E-state index contributed by atoms with van der Waals surface area (Å²) in [6.07, 6.45) is 3.29. The first-order chi connectivity index (χ1) is 8.88. The number of hydrogen-bond donors (Lipinski definition) is 1. The predicted molar refractivity (Wildman–Crippen MR) is 73.1 cm³/mol. The molecule has 0 saturated carbocycles. The maximum absolute atomic E-state index is 11.9. The van der Waals surface area contributed by atoms with Crippen LogP contribution in [0.25, 0.3) is 11.4 Å². The first kappa shape index (κ1) is 13.1. The van der Waals surface area contributed by atoms with Gasteiger partial charge in [-0.1, -0.05) is 0 Å². The van der Waals surface area contributed by atoms with Crippen LogP contribution in [0.15, 0.2) is 36.7 Å². The monoisotopic (exact) mass is 259 g/mol. The summed E-state index contributed by atoms with van der Waals surface area (Å²) in [6, 6.07) is 7.04.